The van der Waals surface area contributed by atoms with E-state index in [2.05, 4.69) is 20.7 Å². The SMILES string of the molecule is COc1ccc(-c2nnc(-c3ccc(C(=O)N/N=C/c4ccc(C)cc4)cc3)o2)c(OC)c1. The standard InChI is InChI=1S/C25H22N4O4/c1-16-4-6-17(7-5-16)15-26-27-23(30)18-8-10-19(11-9-18)24-28-29-25(33-24)21-13-12-20(31-2)14-22(21)32-3/h4-15H,1-3H3,(H,27,30)/b26-15+. The number of hydrogen-bond donors (Lipinski definition) is 1. The van der Waals surface area contributed by atoms with E-state index in [1.807, 2.05) is 31.2 Å². The maximum Gasteiger partial charge on any atom is 0.271 e. The number of aryl methyl sites for hydroxylation is 1. The van der Waals surface area contributed by atoms with Crippen molar-refractivity contribution < 1.29 is 18.7 Å². The number of benzene rings is 3. The molecule has 0 saturated carbocycles. The molecule has 1 heterocycles. The van der Waals surface area contributed by atoms with E-state index in [-0.39, 0.29) is 5.91 Å². The highest BCUT2D eigenvalue weighted by molar-refractivity contribution is 5.95. The van der Waals surface area contributed by atoms with Gasteiger partial charge in [-0.1, -0.05) is 29.8 Å². The van der Waals surface area contributed by atoms with Crippen LogP contribution < -0.4 is 14.9 Å². The Hall–Kier alpha value is -4.46. The zero-order valence-electron chi connectivity index (χ0n) is 18.4. The third-order valence-electron chi connectivity index (χ3n) is 4.92. The van der Waals surface area contributed by atoms with Gasteiger partial charge in [-0.15, -0.1) is 10.2 Å². The van der Waals surface area contributed by atoms with Gasteiger partial charge in [-0.25, -0.2) is 5.43 Å². The number of carbonyl (C=O) groups excluding carboxylic acids is 1. The number of nitrogens with zero attached hydrogens (tertiary/aromatic N) is 3. The molecule has 33 heavy (non-hydrogen) atoms. The maximum atomic E-state index is 12.3. The molecule has 0 aliphatic carbocycles. The van der Waals surface area contributed by atoms with Crippen LogP contribution in [-0.2, 0) is 0 Å². The molecule has 0 saturated heterocycles. The van der Waals surface area contributed by atoms with Crippen molar-refractivity contribution >= 4 is 12.1 Å². The molecule has 0 aliphatic rings. The summed E-state index contributed by atoms with van der Waals surface area (Å²) >= 11 is 0. The lowest BCUT2D eigenvalue weighted by Crippen LogP contribution is -2.17. The average molecular weight is 442 g/mol. The predicted octanol–water partition coefficient (Wildman–Crippen LogP) is 4.49. The molecule has 0 bridgehead atoms. The lowest BCUT2D eigenvalue weighted by atomic mass is 10.1. The number of ether oxygens (including phenoxy) is 2. The molecule has 3 aromatic carbocycles. The van der Waals surface area contributed by atoms with Gasteiger partial charge in [0.1, 0.15) is 11.5 Å². The van der Waals surface area contributed by atoms with Crippen molar-refractivity contribution in [2.75, 3.05) is 14.2 Å². The van der Waals surface area contributed by atoms with Crippen molar-refractivity contribution in [3.63, 3.8) is 0 Å². The van der Waals surface area contributed by atoms with Gasteiger partial charge in [-0.05, 0) is 48.9 Å². The van der Waals surface area contributed by atoms with Crippen LogP contribution in [0.4, 0.5) is 0 Å². The number of methoxy groups -OCH3 is 2. The second-order valence-corrected chi connectivity index (χ2v) is 7.17. The molecule has 1 N–H and O–H groups in total. The van der Waals surface area contributed by atoms with Gasteiger partial charge in [-0.2, -0.15) is 5.10 Å². The van der Waals surface area contributed by atoms with E-state index < -0.39 is 0 Å². The van der Waals surface area contributed by atoms with Crippen molar-refractivity contribution in [2.45, 2.75) is 6.92 Å². The zero-order valence-corrected chi connectivity index (χ0v) is 18.4. The first-order valence-electron chi connectivity index (χ1n) is 10.1. The molecule has 0 unspecified atom stereocenters. The van der Waals surface area contributed by atoms with Gasteiger partial charge >= 0.3 is 0 Å². The molecule has 0 fully saturated rings. The van der Waals surface area contributed by atoms with Crippen molar-refractivity contribution in [1.82, 2.24) is 15.6 Å². The van der Waals surface area contributed by atoms with Gasteiger partial charge in [0.2, 0.25) is 5.89 Å². The Balaban J connectivity index is 1.45. The van der Waals surface area contributed by atoms with Crippen LogP contribution in [0.2, 0.25) is 0 Å². The van der Waals surface area contributed by atoms with Crippen molar-refractivity contribution in [1.29, 1.82) is 0 Å². The van der Waals surface area contributed by atoms with Gasteiger partial charge in [0.05, 0.1) is 26.0 Å². The maximum absolute atomic E-state index is 12.3. The summed E-state index contributed by atoms with van der Waals surface area (Å²) < 4.78 is 16.4. The molecule has 4 aromatic rings. The summed E-state index contributed by atoms with van der Waals surface area (Å²) in [6, 6.07) is 20.0. The summed E-state index contributed by atoms with van der Waals surface area (Å²) in [7, 11) is 3.14. The Bertz CT molecular complexity index is 1280. The number of amides is 1. The minimum atomic E-state index is -0.320. The van der Waals surface area contributed by atoms with Crippen LogP contribution in [0.3, 0.4) is 0 Å². The van der Waals surface area contributed by atoms with Crippen LogP contribution in [0.1, 0.15) is 21.5 Å². The molecule has 0 radical (unpaired) electrons. The monoisotopic (exact) mass is 442 g/mol. The second kappa shape index (κ2) is 9.78. The highest BCUT2D eigenvalue weighted by Gasteiger charge is 2.16. The number of carbonyl (C=O) groups is 1. The van der Waals surface area contributed by atoms with Gasteiger partial charge in [-0.3, -0.25) is 4.79 Å². The van der Waals surface area contributed by atoms with Gasteiger partial charge < -0.3 is 13.9 Å². The quantitative estimate of drug-likeness (QED) is 0.334. The summed E-state index contributed by atoms with van der Waals surface area (Å²) in [6.45, 7) is 2.01. The van der Waals surface area contributed by atoms with E-state index in [0.717, 1.165) is 11.1 Å². The molecule has 4 rings (SSSR count). The molecule has 0 spiro atoms. The van der Waals surface area contributed by atoms with E-state index in [1.54, 1.807) is 62.9 Å². The Kier molecular flexibility index (Phi) is 6.45. The molecule has 166 valence electrons. The summed E-state index contributed by atoms with van der Waals surface area (Å²) in [5.74, 6) is 1.54. The third kappa shape index (κ3) is 5.07. The lowest BCUT2D eigenvalue weighted by molar-refractivity contribution is 0.0955. The van der Waals surface area contributed by atoms with Crippen LogP contribution in [0, 0.1) is 6.92 Å². The first-order valence-corrected chi connectivity index (χ1v) is 10.1. The predicted molar refractivity (Wildman–Crippen MR) is 125 cm³/mol. The fourth-order valence-electron chi connectivity index (χ4n) is 3.07. The fraction of sp³-hybridized carbons (Fsp3) is 0.120. The molecular weight excluding hydrogens is 420 g/mol. The zero-order chi connectivity index (χ0) is 23.2. The number of aromatic nitrogens is 2. The first kappa shape index (κ1) is 21.8. The highest BCUT2D eigenvalue weighted by Crippen LogP contribution is 2.33. The summed E-state index contributed by atoms with van der Waals surface area (Å²) in [5, 5.41) is 12.2. The Morgan fingerprint density at radius 1 is 0.939 bits per heavy atom. The minimum Gasteiger partial charge on any atom is -0.497 e. The average Bonchev–Trinajstić information content (AvgIpc) is 3.35. The molecule has 0 atom stereocenters. The molecule has 1 aromatic heterocycles. The minimum absolute atomic E-state index is 0.316. The molecule has 0 aliphatic heterocycles. The Labute approximate surface area is 190 Å². The van der Waals surface area contributed by atoms with Crippen molar-refractivity contribution in [3.8, 4) is 34.4 Å². The molecular formula is C25H22N4O4. The van der Waals surface area contributed by atoms with E-state index in [0.29, 0.717) is 40.0 Å². The van der Waals surface area contributed by atoms with E-state index in [4.69, 9.17) is 13.9 Å². The van der Waals surface area contributed by atoms with Crippen LogP contribution in [-0.4, -0.2) is 36.5 Å². The van der Waals surface area contributed by atoms with Crippen molar-refractivity contribution in [2.24, 2.45) is 5.10 Å². The number of hydrogen-bond acceptors (Lipinski definition) is 7. The summed E-state index contributed by atoms with van der Waals surface area (Å²) in [5.41, 5.74) is 6.37. The topological polar surface area (TPSA) is 98.8 Å². The number of rotatable bonds is 7. The highest BCUT2D eigenvalue weighted by atomic mass is 16.5. The normalized spacial score (nSPS) is 10.9. The van der Waals surface area contributed by atoms with Crippen LogP contribution >= 0.6 is 0 Å². The first-order chi connectivity index (χ1) is 16.1. The third-order valence-corrected chi connectivity index (χ3v) is 4.92. The van der Waals surface area contributed by atoms with Crippen molar-refractivity contribution in [3.05, 3.63) is 83.4 Å². The van der Waals surface area contributed by atoms with Gasteiger partial charge in [0.25, 0.3) is 11.8 Å². The van der Waals surface area contributed by atoms with Crippen LogP contribution in [0.5, 0.6) is 11.5 Å². The number of nitrogens with one attached hydrogen (secondary N) is 1. The van der Waals surface area contributed by atoms with E-state index >= 15 is 0 Å². The van der Waals surface area contributed by atoms with Gasteiger partial charge in [0.15, 0.2) is 0 Å². The molecule has 8 nitrogen and oxygen atoms in total. The summed E-state index contributed by atoms with van der Waals surface area (Å²) in [6.07, 6.45) is 1.60. The van der Waals surface area contributed by atoms with E-state index in [9.17, 15) is 4.79 Å². The Morgan fingerprint density at radius 2 is 1.67 bits per heavy atom. The van der Waals surface area contributed by atoms with Gasteiger partial charge in [0, 0.05) is 17.2 Å². The molecule has 8 heteroatoms. The Morgan fingerprint density at radius 3 is 2.36 bits per heavy atom. The molecule has 1 amide bonds. The number of hydrazone groups is 1. The largest absolute Gasteiger partial charge is 0.497 e. The van der Waals surface area contributed by atoms with Crippen LogP contribution in [0.25, 0.3) is 22.9 Å². The van der Waals surface area contributed by atoms with Crippen LogP contribution in [0.15, 0.2) is 76.2 Å². The fourth-order valence-corrected chi connectivity index (χ4v) is 3.07. The second-order valence-electron chi connectivity index (χ2n) is 7.17. The smallest absolute Gasteiger partial charge is 0.271 e. The summed E-state index contributed by atoms with van der Waals surface area (Å²) in [4.78, 5) is 12.3. The lowest BCUT2D eigenvalue weighted by Gasteiger charge is -2.07. The van der Waals surface area contributed by atoms with E-state index in [1.165, 1.54) is 0 Å².